The second kappa shape index (κ2) is 9.62. The molecule has 0 aliphatic carbocycles. The average molecular weight is 437 g/mol. The fraction of sp³-hybridized carbons (Fsp3) is 0.167. The molecule has 1 heterocycles. The van der Waals surface area contributed by atoms with Gasteiger partial charge in [0.1, 0.15) is 5.82 Å². The zero-order valence-electron chi connectivity index (χ0n) is 16.8. The molecule has 0 fully saturated rings. The van der Waals surface area contributed by atoms with Crippen molar-refractivity contribution >= 4 is 34.1 Å². The molecule has 0 atom stereocenters. The normalized spacial score (nSPS) is 10.9. The van der Waals surface area contributed by atoms with Gasteiger partial charge in [0.05, 0.1) is 18.6 Å². The SMILES string of the molecule is O=C(Nc1cccc2ccccc12)N(CCCn1ccnc1)Cc1c(F)cccc1Cl. The van der Waals surface area contributed by atoms with E-state index in [-0.39, 0.29) is 12.6 Å². The Morgan fingerprint density at radius 2 is 1.90 bits per heavy atom. The topological polar surface area (TPSA) is 50.2 Å². The van der Waals surface area contributed by atoms with Crippen LogP contribution >= 0.6 is 11.6 Å². The van der Waals surface area contributed by atoms with E-state index in [2.05, 4.69) is 10.3 Å². The Kier molecular flexibility index (Phi) is 6.48. The van der Waals surface area contributed by atoms with Crippen LogP contribution in [0.15, 0.2) is 79.4 Å². The number of carbonyl (C=O) groups is 1. The Balaban J connectivity index is 1.55. The van der Waals surface area contributed by atoms with Crippen LogP contribution in [0.3, 0.4) is 0 Å². The number of halogens is 2. The molecule has 0 bridgehead atoms. The standard InChI is InChI=1S/C24H22ClFN4O/c25-21-9-4-10-22(26)20(21)16-30(14-5-13-29-15-12-27-17-29)24(31)28-23-11-3-7-18-6-1-2-8-19(18)23/h1-4,6-12,15,17H,5,13-14,16H2,(H,28,31). The van der Waals surface area contributed by atoms with Crippen molar-refractivity contribution in [3.05, 3.63) is 95.8 Å². The highest BCUT2D eigenvalue weighted by Gasteiger charge is 2.18. The van der Waals surface area contributed by atoms with E-state index in [0.29, 0.717) is 35.8 Å². The van der Waals surface area contributed by atoms with Gasteiger partial charge in [-0.3, -0.25) is 0 Å². The molecule has 4 rings (SSSR count). The summed E-state index contributed by atoms with van der Waals surface area (Å²) in [5.74, 6) is -0.426. The molecule has 7 heteroatoms. The van der Waals surface area contributed by atoms with Gasteiger partial charge in [0.2, 0.25) is 0 Å². The van der Waals surface area contributed by atoms with Gasteiger partial charge in [-0.05, 0) is 30.0 Å². The summed E-state index contributed by atoms with van der Waals surface area (Å²) >= 11 is 6.22. The van der Waals surface area contributed by atoms with E-state index in [4.69, 9.17) is 11.6 Å². The van der Waals surface area contributed by atoms with Crippen LogP contribution in [-0.4, -0.2) is 27.0 Å². The van der Waals surface area contributed by atoms with Gasteiger partial charge < -0.3 is 14.8 Å². The predicted octanol–water partition coefficient (Wildman–Crippen LogP) is 5.95. The lowest BCUT2D eigenvalue weighted by molar-refractivity contribution is 0.206. The summed E-state index contributed by atoms with van der Waals surface area (Å²) < 4.78 is 16.3. The molecule has 31 heavy (non-hydrogen) atoms. The van der Waals surface area contributed by atoms with Crippen molar-refractivity contribution in [3.63, 3.8) is 0 Å². The molecule has 0 aliphatic heterocycles. The van der Waals surface area contributed by atoms with Crippen molar-refractivity contribution in [2.75, 3.05) is 11.9 Å². The number of fused-ring (bicyclic) bond motifs is 1. The van der Waals surface area contributed by atoms with Crippen molar-refractivity contribution in [2.45, 2.75) is 19.5 Å². The van der Waals surface area contributed by atoms with Crippen molar-refractivity contribution in [2.24, 2.45) is 0 Å². The van der Waals surface area contributed by atoms with E-state index in [0.717, 1.165) is 10.8 Å². The number of imidazole rings is 1. The van der Waals surface area contributed by atoms with Crippen LogP contribution in [0.25, 0.3) is 10.8 Å². The number of aryl methyl sites for hydroxylation is 1. The summed E-state index contributed by atoms with van der Waals surface area (Å²) in [6.07, 6.45) is 6.00. The highest BCUT2D eigenvalue weighted by Crippen LogP contribution is 2.25. The summed E-state index contributed by atoms with van der Waals surface area (Å²) in [4.78, 5) is 18.8. The van der Waals surface area contributed by atoms with Crippen LogP contribution in [0.2, 0.25) is 5.02 Å². The Hall–Kier alpha value is -3.38. The minimum absolute atomic E-state index is 0.0754. The molecule has 158 valence electrons. The molecule has 1 N–H and O–H groups in total. The van der Waals surface area contributed by atoms with Gasteiger partial charge in [0.25, 0.3) is 0 Å². The number of benzene rings is 3. The monoisotopic (exact) mass is 436 g/mol. The highest BCUT2D eigenvalue weighted by molar-refractivity contribution is 6.31. The van der Waals surface area contributed by atoms with Crippen LogP contribution in [-0.2, 0) is 13.1 Å². The molecule has 0 radical (unpaired) electrons. The molecule has 0 unspecified atom stereocenters. The average Bonchev–Trinajstić information content (AvgIpc) is 3.29. The van der Waals surface area contributed by atoms with Gasteiger partial charge >= 0.3 is 6.03 Å². The Labute approximate surface area is 185 Å². The van der Waals surface area contributed by atoms with Crippen molar-refractivity contribution < 1.29 is 9.18 Å². The van der Waals surface area contributed by atoms with Crippen molar-refractivity contribution in [1.82, 2.24) is 14.5 Å². The Bertz CT molecular complexity index is 1150. The van der Waals surface area contributed by atoms with Gasteiger partial charge in [-0.15, -0.1) is 0 Å². The molecule has 3 aromatic carbocycles. The quantitative estimate of drug-likeness (QED) is 0.389. The second-order valence-corrected chi connectivity index (χ2v) is 7.64. The number of anilines is 1. The number of hydrogen-bond donors (Lipinski definition) is 1. The van der Waals surface area contributed by atoms with E-state index >= 15 is 0 Å². The minimum atomic E-state index is -0.426. The number of carbonyl (C=O) groups excluding carboxylic acids is 1. The zero-order chi connectivity index (χ0) is 21.6. The summed E-state index contributed by atoms with van der Waals surface area (Å²) in [5.41, 5.74) is 1.02. The first-order valence-electron chi connectivity index (χ1n) is 10.0. The molecular formula is C24H22ClFN4O. The summed E-state index contributed by atoms with van der Waals surface area (Å²) in [5, 5.41) is 5.27. The first-order chi connectivity index (χ1) is 15.1. The first kappa shape index (κ1) is 20.9. The van der Waals surface area contributed by atoms with Crippen molar-refractivity contribution in [3.8, 4) is 0 Å². The third-order valence-electron chi connectivity index (χ3n) is 5.13. The van der Waals surface area contributed by atoms with Crippen molar-refractivity contribution in [1.29, 1.82) is 0 Å². The Morgan fingerprint density at radius 3 is 2.71 bits per heavy atom. The number of rotatable bonds is 7. The predicted molar refractivity (Wildman–Crippen MR) is 122 cm³/mol. The smallest absolute Gasteiger partial charge is 0.322 e. The molecule has 2 amide bonds. The van der Waals surface area contributed by atoms with Gasteiger partial charge in [-0.1, -0.05) is 54.1 Å². The van der Waals surface area contributed by atoms with E-state index in [9.17, 15) is 9.18 Å². The van der Waals surface area contributed by atoms with Gasteiger partial charge in [-0.25, -0.2) is 14.2 Å². The van der Waals surface area contributed by atoms with Crippen LogP contribution in [0.1, 0.15) is 12.0 Å². The number of nitrogens with one attached hydrogen (secondary N) is 1. The first-order valence-corrected chi connectivity index (χ1v) is 10.4. The second-order valence-electron chi connectivity index (χ2n) is 7.23. The van der Waals surface area contributed by atoms with Crippen LogP contribution in [0.5, 0.6) is 0 Å². The fourth-order valence-corrected chi connectivity index (χ4v) is 3.74. The lowest BCUT2D eigenvalue weighted by atomic mass is 10.1. The molecule has 0 aliphatic rings. The maximum absolute atomic E-state index is 14.4. The number of aromatic nitrogens is 2. The molecule has 0 saturated heterocycles. The Morgan fingerprint density at radius 1 is 1.10 bits per heavy atom. The van der Waals surface area contributed by atoms with Gasteiger partial charge in [0.15, 0.2) is 0 Å². The zero-order valence-corrected chi connectivity index (χ0v) is 17.6. The maximum atomic E-state index is 14.4. The molecule has 1 aromatic heterocycles. The maximum Gasteiger partial charge on any atom is 0.322 e. The van der Waals surface area contributed by atoms with E-state index in [1.807, 2.05) is 53.2 Å². The van der Waals surface area contributed by atoms with Crippen LogP contribution < -0.4 is 5.32 Å². The number of amides is 2. The summed E-state index contributed by atoms with van der Waals surface area (Å²) in [7, 11) is 0. The third-order valence-corrected chi connectivity index (χ3v) is 5.49. The summed E-state index contributed by atoms with van der Waals surface area (Å²) in [6, 6.07) is 17.8. The minimum Gasteiger partial charge on any atom is -0.337 e. The lowest BCUT2D eigenvalue weighted by Gasteiger charge is -2.24. The van der Waals surface area contributed by atoms with Crippen LogP contribution in [0.4, 0.5) is 14.9 Å². The van der Waals surface area contributed by atoms with E-state index < -0.39 is 5.82 Å². The fourth-order valence-electron chi connectivity index (χ4n) is 3.52. The summed E-state index contributed by atoms with van der Waals surface area (Å²) in [6.45, 7) is 1.20. The number of hydrogen-bond acceptors (Lipinski definition) is 2. The van der Waals surface area contributed by atoms with E-state index in [1.165, 1.54) is 6.07 Å². The molecule has 4 aromatic rings. The third kappa shape index (κ3) is 5.03. The molecule has 0 spiro atoms. The number of urea groups is 1. The molecular weight excluding hydrogens is 415 g/mol. The van der Waals surface area contributed by atoms with Gasteiger partial charge in [-0.2, -0.15) is 0 Å². The van der Waals surface area contributed by atoms with E-state index in [1.54, 1.807) is 29.6 Å². The molecule has 5 nitrogen and oxygen atoms in total. The largest absolute Gasteiger partial charge is 0.337 e. The van der Waals surface area contributed by atoms with Gasteiger partial charge in [0, 0.05) is 41.5 Å². The lowest BCUT2D eigenvalue weighted by Crippen LogP contribution is -2.36. The van der Waals surface area contributed by atoms with Crippen LogP contribution in [0, 0.1) is 5.82 Å². The molecule has 0 saturated carbocycles. The number of nitrogens with zero attached hydrogens (tertiary/aromatic N) is 3. The highest BCUT2D eigenvalue weighted by atomic mass is 35.5.